The van der Waals surface area contributed by atoms with Gasteiger partial charge >= 0.3 is 0 Å². The van der Waals surface area contributed by atoms with Crippen molar-refractivity contribution in [3.63, 3.8) is 0 Å². The summed E-state index contributed by atoms with van der Waals surface area (Å²) in [6.45, 7) is 3.83. The maximum absolute atomic E-state index is 12.5. The number of aromatic nitrogens is 1. The number of halogens is 1. The average Bonchev–Trinajstić information content (AvgIpc) is 2.98. The molecule has 3 rings (SSSR count). The molecule has 0 spiro atoms. The van der Waals surface area contributed by atoms with Crippen LogP contribution in [-0.4, -0.2) is 66.4 Å². The van der Waals surface area contributed by atoms with Gasteiger partial charge in [0.25, 0.3) is 5.91 Å². The van der Waals surface area contributed by atoms with E-state index in [-0.39, 0.29) is 18.1 Å². The highest BCUT2D eigenvalue weighted by Gasteiger charge is 2.20. The van der Waals surface area contributed by atoms with Gasteiger partial charge < -0.3 is 15.0 Å². The lowest BCUT2D eigenvalue weighted by Crippen LogP contribution is -2.42. The molecule has 2 aromatic rings. The second kappa shape index (κ2) is 10.2. The zero-order valence-electron chi connectivity index (χ0n) is 16.4. The van der Waals surface area contributed by atoms with Crippen LogP contribution in [0.15, 0.2) is 42.6 Å². The van der Waals surface area contributed by atoms with Crippen LogP contribution in [0, 0.1) is 0 Å². The Morgan fingerprint density at radius 3 is 2.66 bits per heavy atom. The van der Waals surface area contributed by atoms with Crippen LogP contribution in [0.1, 0.15) is 22.5 Å². The fourth-order valence-electron chi connectivity index (χ4n) is 3.25. The molecule has 154 valence electrons. The summed E-state index contributed by atoms with van der Waals surface area (Å²) < 4.78 is 5.20. The van der Waals surface area contributed by atoms with Crippen LogP contribution in [0.5, 0.6) is 5.75 Å². The predicted molar refractivity (Wildman–Crippen MR) is 111 cm³/mol. The molecule has 2 heterocycles. The van der Waals surface area contributed by atoms with E-state index in [1.165, 1.54) is 17.8 Å². The van der Waals surface area contributed by atoms with E-state index in [1.54, 1.807) is 18.1 Å². The first-order valence-electron chi connectivity index (χ1n) is 9.58. The van der Waals surface area contributed by atoms with E-state index in [2.05, 4.69) is 27.3 Å². The fourth-order valence-corrected chi connectivity index (χ4v) is 3.41. The smallest absolute Gasteiger partial charge is 0.270 e. The van der Waals surface area contributed by atoms with E-state index in [4.69, 9.17) is 16.3 Å². The molecule has 1 aliphatic rings. The molecule has 1 saturated heterocycles. The molecule has 0 bridgehead atoms. The average molecular weight is 417 g/mol. The summed E-state index contributed by atoms with van der Waals surface area (Å²) in [7, 11) is 1.66. The van der Waals surface area contributed by atoms with Crippen LogP contribution in [0.2, 0.25) is 5.02 Å². The molecule has 0 atom stereocenters. The number of benzene rings is 1. The maximum atomic E-state index is 12.5. The number of nitrogens with one attached hydrogen (secondary N) is 1. The summed E-state index contributed by atoms with van der Waals surface area (Å²) in [5, 5.41) is 3.06. The molecule has 2 amide bonds. The van der Waals surface area contributed by atoms with Crippen molar-refractivity contribution in [2.45, 2.75) is 13.0 Å². The zero-order valence-corrected chi connectivity index (χ0v) is 17.2. The molecule has 1 fully saturated rings. The number of hydrogen-bond donors (Lipinski definition) is 1. The Morgan fingerprint density at radius 1 is 1.14 bits per heavy atom. The minimum Gasteiger partial charge on any atom is -0.497 e. The van der Waals surface area contributed by atoms with Crippen molar-refractivity contribution >= 4 is 23.4 Å². The number of carbonyl (C=O) groups excluding carboxylic acids is 2. The van der Waals surface area contributed by atoms with Crippen LogP contribution in [-0.2, 0) is 11.3 Å². The highest BCUT2D eigenvalue weighted by molar-refractivity contribution is 6.30. The number of nitrogens with zero attached hydrogens (tertiary/aromatic N) is 3. The first-order valence-corrected chi connectivity index (χ1v) is 9.96. The first kappa shape index (κ1) is 21.1. The van der Waals surface area contributed by atoms with Crippen molar-refractivity contribution in [3.8, 4) is 5.75 Å². The quantitative estimate of drug-likeness (QED) is 0.781. The van der Waals surface area contributed by atoms with Crippen LogP contribution in [0.4, 0.5) is 0 Å². The molecule has 0 radical (unpaired) electrons. The minimum atomic E-state index is -0.406. The molecule has 1 aliphatic heterocycles. The number of ether oxygens (including phenoxy) is 1. The van der Waals surface area contributed by atoms with E-state index >= 15 is 0 Å². The summed E-state index contributed by atoms with van der Waals surface area (Å²) in [5.74, 6) is 0.347. The van der Waals surface area contributed by atoms with E-state index in [1.807, 2.05) is 12.1 Å². The molecule has 0 saturated carbocycles. The normalized spacial score (nSPS) is 14.9. The van der Waals surface area contributed by atoms with Crippen molar-refractivity contribution in [3.05, 3.63) is 58.9 Å². The van der Waals surface area contributed by atoms with Crippen LogP contribution in [0.25, 0.3) is 0 Å². The lowest BCUT2D eigenvalue weighted by molar-refractivity contribution is -0.130. The largest absolute Gasteiger partial charge is 0.497 e. The third kappa shape index (κ3) is 6.17. The SMILES string of the molecule is COc1ccc(CN2CCCN(C(=O)CNC(=O)c3cc(Cl)ccn3)CC2)cc1. The number of methoxy groups -OCH3 is 1. The highest BCUT2D eigenvalue weighted by atomic mass is 35.5. The third-order valence-electron chi connectivity index (χ3n) is 4.86. The standard InChI is InChI=1S/C21H25ClN4O3/c1-29-18-5-3-16(4-6-18)15-25-9-2-10-26(12-11-25)20(27)14-24-21(28)19-13-17(22)7-8-23-19/h3-8,13H,2,9-12,14-15H2,1H3,(H,24,28). The fraction of sp³-hybridized carbons (Fsp3) is 0.381. The Kier molecular flexibility index (Phi) is 7.43. The van der Waals surface area contributed by atoms with Crippen molar-refractivity contribution < 1.29 is 14.3 Å². The summed E-state index contributed by atoms with van der Waals surface area (Å²) in [5.41, 5.74) is 1.42. The van der Waals surface area contributed by atoms with Crippen molar-refractivity contribution in [2.24, 2.45) is 0 Å². The van der Waals surface area contributed by atoms with Crippen molar-refractivity contribution in [1.82, 2.24) is 20.1 Å². The molecule has 1 aromatic heterocycles. The van der Waals surface area contributed by atoms with Gasteiger partial charge in [0.05, 0.1) is 13.7 Å². The Morgan fingerprint density at radius 2 is 1.93 bits per heavy atom. The zero-order chi connectivity index (χ0) is 20.6. The monoisotopic (exact) mass is 416 g/mol. The van der Waals surface area contributed by atoms with Gasteiger partial charge in [0, 0.05) is 43.9 Å². The lowest BCUT2D eigenvalue weighted by Gasteiger charge is -2.22. The molecule has 8 heteroatoms. The van der Waals surface area contributed by atoms with Crippen LogP contribution >= 0.6 is 11.6 Å². The maximum Gasteiger partial charge on any atom is 0.270 e. The molecule has 0 aliphatic carbocycles. The van der Waals surface area contributed by atoms with Gasteiger partial charge in [-0.2, -0.15) is 0 Å². The van der Waals surface area contributed by atoms with Gasteiger partial charge in [-0.05, 0) is 36.2 Å². The molecular formula is C21H25ClN4O3. The number of rotatable bonds is 6. The summed E-state index contributed by atoms with van der Waals surface area (Å²) >= 11 is 5.87. The number of pyridine rings is 1. The molecule has 0 unspecified atom stereocenters. The molecule has 1 aromatic carbocycles. The number of carbonyl (C=O) groups is 2. The third-order valence-corrected chi connectivity index (χ3v) is 5.10. The summed E-state index contributed by atoms with van der Waals surface area (Å²) in [6, 6.07) is 11.1. The number of amides is 2. The van der Waals surface area contributed by atoms with Crippen LogP contribution < -0.4 is 10.1 Å². The Hall–Kier alpha value is -2.64. The van der Waals surface area contributed by atoms with Crippen molar-refractivity contribution in [2.75, 3.05) is 39.8 Å². The molecular weight excluding hydrogens is 392 g/mol. The van der Waals surface area contributed by atoms with Crippen molar-refractivity contribution in [1.29, 1.82) is 0 Å². The van der Waals surface area contributed by atoms with Gasteiger partial charge in [-0.3, -0.25) is 19.5 Å². The number of hydrogen-bond acceptors (Lipinski definition) is 5. The van der Waals surface area contributed by atoms with E-state index in [0.29, 0.717) is 18.1 Å². The summed E-state index contributed by atoms with van der Waals surface area (Å²) in [4.78, 5) is 32.8. The predicted octanol–water partition coefficient (Wildman–Crippen LogP) is 2.21. The van der Waals surface area contributed by atoms with Gasteiger partial charge in [-0.15, -0.1) is 0 Å². The Labute approximate surface area is 175 Å². The highest BCUT2D eigenvalue weighted by Crippen LogP contribution is 2.14. The molecule has 1 N–H and O–H groups in total. The topological polar surface area (TPSA) is 74.8 Å². The van der Waals surface area contributed by atoms with E-state index < -0.39 is 5.91 Å². The second-order valence-electron chi connectivity index (χ2n) is 6.90. The van der Waals surface area contributed by atoms with Gasteiger partial charge in [0.15, 0.2) is 0 Å². The first-order chi connectivity index (χ1) is 14.0. The molecule has 7 nitrogen and oxygen atoms in total. The molecule has 29 heavy (non-hydrogen) atoms. The summed E-state index contributed by atoms with van der Waals surface area (Å²) in [6.07, 6.45) is 2.36. The second-order valence-corrected chi connectivity index (χ2v) is 7.34. The van der Waals surface area contributed by atoms with E-state index in [0.717, 1.165) is 31.8 Å². The van der Waals surface area contributed by atoms with Gasteiger partial charge in [-0.1, -0.05) is 23.7 Å². The van der Waals surface area contributed by atoms with E-state index in [9.17, 15) is 9.59 Å². The van der Waals surface area contributed by atoms with Crippen LogP contribution in [0.3, 0.4) is 0 Å². The Bertz CT molecular complexity index is 844. The Balaban J connectivity index is 1.46. The van der Waals surface area contributed by atoms with Gasteiger partial charge in [0.2, 0.25) is 5.91 Å². The van der Waals surface area contributed by atoms with Gasteiger partial charge in [-0.25, -0.2) is 0 Å². The minimum absolute atomic E-state index is 0.0501. The lowest BCUT2D eigenvalue weighted by atomic mass is 10.2. The van der Waals surface area contributed by atoms with Gasteiger partial charge in [0.1, 0.15) is 11.4 Å².